The molecule has 3 nitrogen and oxygen atoms in total. The van der Waals surface area contributed by atoms with E-state index in [0.29, 0.717) is 17.5 Å². The Hall–Kier alpha value is -6.45. The average molecular weight is 654 g/mol. The molecule has 0 aliphatic heterocycles. The first kappa shape index (κ1) is 30.6. The Balaban J connectivity index is 1.16. The molecule has 0 amide bonds. The molecule has 7 aromatic carbocycles. The minimum atomic E-state index is -0.125. The zero-order chi connectivity index (χ0) is 34.4. The zero-order valence-corrected chi connectivity index (χ0v) is 28.6. The summed E-state index contributed by atoms with van der Waals surface area (Å²) >= 11 is 0. The fourth-order valence-electron chi connectivity index (χ4n) is 7.46. The first-order valence-electron chi connectivity index (χ1n) is 17.4. The van der Waals surface area contributed by atoms with E-state index in [9.17, 15) is 0 Å². The highest BCUT2D eigenvalue weighted by molar-refractivity contribution is 5.91. The molecule has 1 heterocycles. The normalized spacial score (nSPS) is 12.7. The molecular formula is C48H35N3. The summed E-state index contributed by atoms with van der Waals surface area (Å²) < 4.78 is 0. The fourth-order valence-corrected chi connectivity index (χ4v) is 7.46. The van der Waals surface area contributed by atoms with E-state index in [1.54, 1.807) is 0 Å². The second-order valence-electron chi connectivity index (χ2n) is 13.7. The lowest BCUT2D eigenvalue weighted by Gasteiger charge is -2.21. The number of rotatable bonds is 6. The molecule has 0 unspecified atom stereocenters. The largest absolute Gasteiger partial charge is 0.208 e. The van der Waals surface area contributed by atoms with Gasteiger partial charge in [0.2, 0.25) is 0 Å². The Kier molecular flexibility index (Phi) is 7.48. The van der Waals surface area contributed by atoms with Crippen LogP contribution >= 0.6 is 0 Å². The van der Waals surface area contributed by atoms with E-state index in [4.69, 9.17) is 15.0 Å². The fraction of sp³-hybridized carbons (Fsp3) is 0.0625. The van der Waals surface area contributed by atoms with E-state index in [0.717, 1.165) is 38.9 Å². The highest BCUT2D eigenvalue weighted by atomic mass is 15.0. The van der Waals surface area contributed by atoms with Gasteiger partial charge in [0.05, 0.1) is 0 Å². The van der Waals surface area contributed by atoms with Crippen LogP contribution in [0, 0.1) is 0 Å². The van der Waals surface area contributed by atoms with Crippen molar-refractivity contribution in [2.75, 3.05) is 0 Å². The maximum absolute atomic E-state index is 5.21. The molecule has 1 aliphatic rings. The molecule has 0 saturated carbocycles. The lowest BCUT2D eigenvalue weighted by molar-refractivity contribution is 0.660. The maximum Gasteiger partial charge on any atom is 0.164 e. The van der Waals surface area contributed by atoms with Crippen molar-refractivity contribution in [3.05, 3.63) is 187 Å². The van der Waals surface area contributed by atoms with E-state index in [2.05, 4.69) is 178 Å². The van der Waals surface area contributed by atoms with Crippen molar-refractivity contribution >= 4 is 0 Å². The van der Waals surface area contributed by atoms with E-state index in [-0.39, 0.29) is 5.41 Å². The quantitative estimate of drug-likeness (QED) is 0.179. The third-order valence-electron chi connectivity index (χ3n) is 10.2. The minimum absolute atomic E-state index is 0.125. The average Bonchev–Trinajstić information content (AvgIpc) is 3.44. The lowest BCUT2D eigenvalue weighted by Crippen LogP contribution is -2.14. The Morgan fingerprint density at radius 3 is 1.37 bits per heavy atom. The van der Waals surface area contributed by atoms with Gasteiger partial charge in [-0.15, -0.1) is 0 Å². The summed E-state index contributed by atoms with van der Waals surface area (Å²) in [5.41, 5.74) is 14.8. The summed E-state index contributed by atoms with van der Waals surface area (Å²) in [6.07, 6.45) is 0. The van der Waals surface area contributed by atoms with Crippen molar-refractivity contribution in [3.63, 3.8) is 0 Å². The van der Waals surface area contributed by atoms with Crippen molar-refractivity contribution in [1.29, 1.82) is 0 Å². The number of nitrogens with zero attached hydrogens (tertiary/aromatic N) is 3. The summed E-state index contributed by atoms with van der Waals surface area (Å²) in [4.78, 5) is 15.5. The first-order chi connectivity index (χ1) is 25.0. The molecule has 51 heavy (non-hydrogen) atoms. The number of aromatic nitrogens is 3. The van der Waals surface area contributed by atoms with Crippen molar-refractivity contribution in [2.24, 2.45) is 0 Å². The van der Waals surface area contributed by atoms with Gasteiger partial charge in [0, 0.05) is 22.1 Å². The molecule has 1 aliphatic carbocycles. The van der Waals surface area contributed by atoms with Crippen molar-refractivity contribution in [2.45, 2.75) is 19.3 Å². The minimum Gasteiger partial charge on any atom is -0.208 e. The summed E-state index contributed by atoms with van der Waals surface area (Å²) in [7, 11) is 0. The molecule has 3 heteroatoms. The van der Waals surface area contributed by atoms with Gasteiger partial charge in [-0.25, -0.2) is 15.0 Å². The van der Waals surface area contributed by atoms with Crippen molar-refractivity contribution in [1.82, 2.24) is 15.0 Å². The van der Waals surface area contributed by atoms with E-state index < -0.39 is 0 Å². The third kappa shape index (κ3) is 5.53. The molecule has 0 radical (unpaired) electrons. The molecule has 0 bridgehead atoms. The number of hydrogen-bond donors (Lipinski definition) is 0. The van der Waals surface area contributed by atoms with Crippen LogP contribution < -0.4 is 0 Å². The zero-order valence-electron chi connectivity index (χ0n) is 28.6. The molecule has 242 valence electrons. The molecule has 1 aromatic heterocycles. The molecule has 0 atom stereocenters. The van der Waals surface area contributed by atoms with Crippen LogP contribution in [-0.2, 0) is 5.41 Å². The molecule has 9 rings (SSSR count). The molecular weight excluding hydrogens is 619 g/mol. The van der Waals surface area contributed by atoms with Gasteiger partial charge in [-0.1, -0.05) is 184 Å². The van der Waals surface area contributed by atoms with Gasteiger partial charge in [-0.05, 0) is 61.7 Å². The Morgan fingerprint density at radius 2 is 0.725 bits per heavy atom. The highest BCUT2D eigenvalue weighted by Gasteiger charge is 2.37. The van der Waals surface area contributed by atoms with Crippen LogP contribution in [0.4, 0.5) is 0 Å². The Morgan fingerprint density at radius 1 is 0.314 bits per heavy atom. The second-order valence-corrected chi connectivity index (χ2v) is 13.7. The van der Waals surface area contributed by atoms with Crippen LogP contribution in [0.15, 0.2) is 176 Å². The SMILES string of the molecule is CC1(C)c2ccccc2-c2c(-c3nc(-c4ccc(-c5ccc(-c6ccccc6)cc5)cc4)nc(-c4cccc(-c5ccccc5)c4)n3)cccc21. The standard InChI is InChI=1S/C48H35N3/c1-48(2)42-21-10-9-19-40(42)44-41(20-12-22-43(44)48)47-50-45(49-46(51-47)39-18-11-17-38(31-39)33-15-7-4-8-16-33)37-29-27-36(28-30-37)35-25-23-34(24-26-35)32-13-5-3-6-14-32/h3-31H,1-2H3. The molecule has 0 saturated heterocycles. The lowest BCUT2D eigenvalue weighted by atomic mass is 9.82. The second kappa shape index (κ2) is 12.5. The Bertz CT molecular complexity index is 2520. The van der Waals surface area contributed by atoms with Crippen LogP contribution in [0.5, 0.6) is 0 Å². The first-order valence-corrected chi connectivity index (χ1v) is 17.4. The maximum atomic E-state index is 5.21. The van der Waals surface area contributed by atoms with Crippen LogP contribution in [0.1, 0.15) is 25.0 Å². The van der Waals surface area contributed by atoms with Crippen LogP contribution in [0.2, 0.25) is 0 Å². The van der Waals surface area contributed by atoms with Crippen LogP contribution in [0.25, 0.3) is 78.7 Å². The van der Waals surface area contributed by atoms with Gasteiger partial charge in [0.25, 0.3) is 0 Å². The molecule has 0 fully saturated rings. The molecule has 0 spiro atoms. The predicted molar refractivity (Wildman–Crippen MR) is 210 cm³/mol. The van der Waals surface area contributed by atoms with Gasteiger partial charge in [-0.3, -0.25) is 0 Å². The summed E-state index contributed by atoms with van der Waals surface area (Å²) in [6.45, 7) is 4.61. The summed E-state index contributed by atoms with van der Waals surface area (Å²) in [6, 6.07) is 62.0. The van der Waals surface area contributed by atoms with E-state index in [1.807, 2.05) is 12.1 Å². The monoisotopic (exact) mass is 653 g/mol. The van der Waals surface area contributed by atoms with E-state index >= 15 is 0 Å². The number of hydrogen-bond acceptors (Lipinski definition) is 3. The predicted octanol–water partition coefficient (Wildman–Crippen LogP) is 12.2. The molecule has 8 aromatic rings. The van der Waals surface area contributed by atoms with Crippen LogP contribution in [-0.4, -0.2) is 15.0 Å². The van der Waals surface area contributed by atoms with Crippen molar-refractivity contribution in [3.8, 4) is 78.7 Å². The summed E-state index contributed by atoms with van der Waals surface area (Å²) in [5.74, 6) is 1.97. The number of fused-ring (bicyclic) bond motifs is 3. The topological polar surface area (TPSA) is 38.7 Å². The number of benzene rings is 7. The van der Waals surface area contributed by atoms with Gasteiger partial charge in [0.1, 0.15) is 0 Å². The molecule has 0 N–H and O–H groups in total. The third-order valence-corrected chi connectivity index (χ3v) is 10.2. The van der Waals surface area contributed by atoms with Gasteiger partial charge >= 0.3 is 0 Å². The van der Waals surface area contributed by atoms with E-state index in [1.165, 1.54) is 33.4 Å². The smallest absolute Gasteiger partial charge is 0.164 e. The van der Waals surface area contributed by atoms with Crippen molar-refractivity contribution < 1.29 is 0 Å². The van der Waals surface area contributed by atoms with Gasteiger partial charge < -0.3 is 0 Å². The summed E-state index contributed by atoms with van der Waals surface area (Å²) in [5, 5.41) is 0. The Labute approximate surface area is 299 Å². The van der Waals surface area contributed by atoms with Gasteiger partial charge in [-0.2, -0.15) is 0 Å². The highest BCUT2D eigenvalue weighted by Crippen LogP contribution is 2.51. The van der Waals surface area contributed by atoms with Gasteiger partial charge in [0.15, 0.2) is 17.5 Å². The van der Waals surface area contributed by atoms with Crippen LogP contribution in [0.3, 0.4) is 0 Å².